The second-order valence-corrected chi connectivity index (χ2v) is 5.31. The van der Waals surface area contributed by atoms with Gasteiger partial charge in [0.2, 0.25) is 5.88 Å². The normalized spacial score (nSPS) is 11.2. The Morgan fingerprint density at radius 2 is 1.79 bits per heavy atom. The van der Waals surface area contributed by atoms with Gasteiger partial charge < -0.3 is 5.11 Å². The van der Waals surface area contributed by atoms with E-state index in [9.17, 15) is 24.8 Å². The van der Waals surface area contributed by atoms with E-state index in [1.807, 2.05) is 0 Å². The molecule has 0 aliphatic heterocycles. The molecule has 1 aromatic carbocycles. The Kier molecular flexibility index (Phi) is 4.36. The summed E-state index contributed by atoms with van der Waals surface area (Å²) in [6.45, 7) is 3.28. The van der Waals surface area contributed by atoms with E-state index in [2.05, 4.69) is 4.99 Å². The molecule has 9 heteroatoms. The van der Waals surface area contributed by atoms with Gasteiger partial charge in [0.1, 0.15) is 5.56 Å². The first-order valence-electron chi connectivity index (χ1n) is 6.94. The van der Waals surface area contributed by atoms with Crippen molar-refractivity contribution in [1.29, 1.82) is 0 Å². The number of nitro benzene ring substituents is 1. The first kappa shape index (κ1) is 17.1. The summed E-state index contributed by atoms with van der Waals surface area (Å²) in [6, 6.07) is 2.79. The van der Waals surface area contributed by atoms with E-state index in [0.717, 1.165) is 15.3 Å². The first-order valence-corrected chi connectivity index (χ1v) is 6.94. The molecule has 0 aliphatic rings. The summed E-state index contributed by atoms with van der Waals surface area (Å²) in [7, 11) is 2.62. The van der Waals surface area contributed by atoms with Crippen molar-refractivity contribution < 1.29 is 10.0 Å². The minimum absolute atomic E-state index is 0.0210. The summed E-state index contributed by atoms with van der Waals surface area (Å²) >= 11 is 0. The predicted octanol–water partition coefficient (Wildman–Crippen LogP) is 1.07. The van der Waals surface area contributed by atoms with Gasteiger partial charge in [0.15, 0.2) is 0 Å². The van der Waals surface area contributed by atoms with Crippen molar-refractivity contribution in [3.8, 4) is 5.88 Å². The van der Waals surface area contributed by atoms with Crippen LogP contribution in [0.2, 0.25) is 0 Å². The molecular formula is C15H16N4O5. The highest BCUT2D eigenvalue weighted by Gasteiger charge is 2.15. The predicted molar refractivity (Wildman–Crippen MR) is 88.4 cm³/mol. The molecule has 24 heavy (non-hydrogen) atoms. The van der Waals surface area contributed by atoms with Crippen molar-refractivity contribution in [3.63, 3.8) is 0 Å². The SMILES string of the molecule is Cc1c(N=Cc2c(O)n(C)c(=O)n(C)c2=O)ccc([N+](=O)[O-])c1C. The van der Waals surface area contributed by atoms with Crippen molar-refractivity contribution in [2.45, 2.75) is 13.8 Å². The third kappa shape index (κ3) is 2.71. The molecule has 2 rings (SSSR count). The number of hydrogen-bond acceptors (Lipinski definition) is 6. The number of aromatic hydroxyl groups is 1. The van der Waals surface area contributed by atoms with Crippen LogP contribution in [0.25, 0.3) is 0 Å². The molecule has 0 radical (unpaired) electrons. The zero-order valence-corrected chi connectivity index (χ0v) is 13.6. The molecule has 0 aliphatic carbocycles. The molecule has 0 spiro atoms. The van der Waals surface area contributed by atoms with Crippen molar-refractivity contribution in [2.24, 2.45) is 19.1 Å². The number of aliphatic imine (C=N–C) groups is 1. The summed E-state index contributed by atoms with van der Waals surface area (Å²) in [5.41, 5.74) is -0.0304. The monoisotopic (exact) mass is 332 g/mol. The highest BCUT2D eigenvalue weighted by molar-refractivity contribution is 5.84. The van der Waals surface area contributed by atoms with Gasteiger partial charge in [0.05, 0.1) is 10.6 Å². The molecule has 0 saturated heterocycles. The zero-order chi connectivity index (χ0) is 18.2. The number of hydrogen-bond donors (Lipinski definition) is 1. The second kappa shape index (κ2) is 6.11. The molecule has 1 N–H and O–H groups in total. The summed E-state index contributed by atoms with van der Waals surface area (Å²) in [5.74, 6) is -0.497. The highest BCUT2D eigenvalue weighted by Crippen LogP contribution is 2.29. The van der Waals surface area contributed by atoms with Crippen LogP contribution in [0.5, 0.6) is 5.88 Å². The summed E-state index contributed by atoms with van der Waals surface area (Å²) in [4.78, 5) is 38.4. The van der Waals surface area contributed by atoms with Crippen molar-refractivity contribution in [2.75, 3.05) is 0 Å². The molecule has 0 unspecified atom stereocenters. The number of benzene rings is 1. The minimum atomic E-state index is -0.685. The van der Waals surface area contributed by atoms with Gasteiger partial charge in [0, 0.05) is 31.9 Å². The maximum absolute atomic E-state index is 12.1. The van der Waals surface area contributed by atoms with Gasteiger partial charge in [-0.2, -0.15) is 0 Å². The Morgan fingerprint density at radius 3 is 2.38 bits per heavy atom. The Hall–Kier alpha value is -3.23. The lowest BCUT2D eigenvalue weighted by Crippen LogP contribution is -2.38. The van der Waals surface area contributed by atoms with E-state index in [1.54, 1.807) is 13.8 Å². The topological polar surface area (TPSA) is 120 Å². The van der Waals surface area contributed by atoms with Crippen LogP contribution in [-0.2, 0) is 14.1 Å². The number of nitro groups is 1. The van der Waals surface area contributed by atoms with E-state index >= 15 is 0 Å². The van der Waals surface area contributed by atoms with E-state index in [1.165, 1.54) is 26.2 Å². The fourth-order valence-electron chi connectivity index (χ4n) is 2.24. The van der Waals surface area contributed by atoms with Gasteiger partial charge in [-0.3, -0.25) is 29.0 Å². The lowest BCUT2D eigenvalue weighted by molar-refractivity contribution is -0.385. The minimum Gasteiger partial charge on any atom is -0.494 e. The summed E-state index contributed by atoms with van der Waals surface area (Å²) in [6.07, 6.45) is 1.14. The Labute approximate surface area is 136 Å². The van der Waals surface area contributed by atoms with Gasteiger partial charge in [-0.15, -0.1) is 0 Å². The smallest absolute Gasteiger partial charge is 0.333 e. The van der Waals surface area contributed by atoms with E-state index < -0.39 is 22.1 Å². The Bertz CT molecular complexity index is 985. The molecule has 126 valence electrons. The standard InChI is InChI=1S/C15H16N4O5/c1-8-9(2)12(19(23)24)6-5-11(8)16-7-10-13(20)17(3)15(22)18(4)14(10)21/h5-7,20H,1-4H3. The lowest BCUT2D eigenvalue weighted by Gasteiger charge is -2.08. The average molecular weight is 332 g/mol. The summed E-state index contributed by atoms with van der Waals surface area (Å²) in [5, 5.41) is 20.9. The van der Waals surface area contributed by atoms with Crippen LogP contribution in [0.15, 0.2) is 26.7 Å². The molecule has 0 amide bonds. The van der Waals surface area contributed by atoms with E-state index in [4.69, 9.17) is 0 Å². The molecular weight excluding hydrogens is 316 g/mol. The van der Waals surface area contributed by atoms with Crippen molar-refractivity contribution >= 4 is 17.6 Å². The van der Waals surface area contributed by atoms with Gasteiger partial charge in [-0.1, -0.05) is 0 Å². The third-order valence-corrected chi connectivity index (χ3v) is 3.93. The fraction of sp³-hybridized carbons (Fsp3) is 0.267. The molecule has 0 atom stereocenters. The van der Waals surface area contributed by atoms with Crippen molar-refractivity contribution in [1.82, 2.24) is 9.13 Å². The number of rotatable bonds is 3. The van der Waals surface area contributed by atoms with Crippen LogP contribution in [-0.4, -0.2) is 25.4 Å². The molecule has 0 fully saturated rings. The highest BCUT2D eigenvalue weighted by atomic mass is 16.6. The molecule has 9 nitrogen and oxygen atoms in total. The number of nitrogens with zero attached hydrogens (tertiary/aromatic N) is 4. The van der Waals surface area contributed by atoms with Crippen LogP contribution in [0, 0.1) is 24.0 Å². The maximum atomic E-state index is 12.1. The number of aromatic nitrogens is 2. The van der Waals surface area contributed by atoms with E-state index in [0.29, 0.717) is 16.8 Å². The van der Waals surface area contributed by atoms with Crippen LogP contribution in [0.3, 0.4) is 0 Å². The maximum Gasteiger partial charge on any atom is 0.333 e. The molecule has 2 aromatic rings. The quantitative estimate of drug-likeness (QED) is 0.512. The lowest BCUT2D eigenvalue weighted by atomic mass is 10.1. The summed E-state index contributed by atoms with van der Waals surface area (Å²) < 4.78 is 1.78. The molecule has 1 heterocycles. The van der Waals surface area contributed by atoms with E-state index in [-0.39, 0.29) is 11.3 Å². The second-order valence-electron chi connectivity index (χ2n) is 5.31. The van der Waals surface area contributed by atoms with Crippen molar-refractivity contribution in [3.05, 3.63) is 59.8 Å². The Morgan fingerprint density at radius 1 is 1.17 bits per heavy atom. The fourth-order valence-corrected chi connectivity index (χ4v) is 2.24. The van der Waals surface area contributed by atoms with Gasteiger partial charge in [0.25, 0.3) is 11.2 Å². The molecule has 0 saturated carbocycles. The molecule has 0 bridgehead atoms. The Balaban J connectivity index is 2.58. The van der Waals surface area contributed by atoms with Crippen LogP contribution in [0.4, 0.5) is 11.4 Å². The average Bonchev–Trinajstić information content (AvgIpc) is 2.54. The van der Waals surface area contributed by atoms with Crippen LogP contribution >= 0.6 is 0 Å². The van der Waals surface area contributed by atoms with Gasteiger partial charge in [-0.05, 0) is 25.5 Å². The van der Waals surface area contributed by atoms with Gasteiger partial charge in [-0.25, -0.2) is 4.79 Å². The first-order chi connectivity index (χ1) is 11.2. The van der Waals surface area contributed by atoms with Crippen LogP contribution < -0.4 is 11.2 Å². The largest absolute Gasteiger partial charge is 0.494 e. The molecule has 1 aromatic heterocycles. The zero-order valence-electron chi connectivity index (χ0n) is 13.6. The van der Waals surface area contributed by atoms with Gasteiger partial charge >= 0.3 is 5.69 Å². The van der Waals surface area contributed by atoms with Crippen LogP contribution in [0.1, 0.15) is 16.7 Å². The third-order valence-electron chi connectivity index (χ3n) is 3.93.